The summed E-state index contributed by atoms with van der Waals surface area (Å²) in [7, 11) is 6.55. The van der Waals surface area contributed by atoms with Gasteiger partial charge in [-0.15, -0.1) is 0 Å². The minimum Gasteiger partial charge on any atom is -0.331 e. The molecule has 1 saturated heterocycles. The summed E-state index contributed by atoms with van der Waals surface area (Å²) in [5.74, 6) is -0.0457. The van der Waals surface area contributed by atoms with Crippen LogP contribution in [0.4, 0.5) is 4.79 Å². The maximum Gasteiger partial charge on any atom is 0.319 e. The zero-order valence-electron chi connectivity index (χ0n) is 11.0. The maximum atomic E-state index is 11.8. The standard InChI is InChI=1S/C11H21N3O3/c1-12(2)11(16)14-7-5-9(6-8-14)10(15)13(3)17-4/h9H,5-8H2,1-4H3. The molecule has 98 valence electrons. The molecule has 0 bridgehead atoms. The van der Waals surface area contributed by atoms with Gasteiger partial charge >= 0.3 is 6.03 Å². The van der Waals surface area contributed by atoms with E-state index in [1.54, 1.807) is 30.9 Å². The van der Waals surface area contributed by atoms with Crippen LogP contribution in [0.3, 0.4) is 0 Å². The average Bonchev–Trinajstić information content (AvgIpc) is 2.36. The number of likely N-dealkylation sites (tertiary alicyclic amines) is 1. The molecule has 0 saturated carbocycles. The van der Waals surface area contributed by atoms with Gasteiger partial charge in [-0.1, -0.05) is 0 Å². The summed E-state index contributed by atoms with van der Waals surface area (Å²) in [6.45, 7) is 1.26. The van der Waals surface area contributed by atoms with E-state index >= 15 is 0 Å². The lowest BCUT2D eigenvalue weighted by Gasteiger charge is -2.33. The van der Waals surface area contributed by atoms with Gasteiger partial charge in [0.2, 0.25) is 5.91 Å². The molecule has 1 aliphatic heterocycles. The number of urea groups is 1. The summed E-state index contributed by atoms with van der Waals surface area (Å²) in [6, 6.07) is 0.0102. The first-order chi connectivity index (χ1) is 7.97. The molecule has 17 heavy (non-hydrogen) atoms. The summed E-state index contributed by atoms with van der Waals surface area (Å²) < 4.78 is 0. The number of hydrogen-bond acceptors (Lipinski definition) is 3. The minimum absolute atomic E-state index is 0.00977. The first-order valence-corrected chi connectivity index (χ1v) is 5.75. The zero-order valence-corrected chi connectivity index (χ0v) is 11.0. The normalized spacial score (nSPS) is 16.8. The highest BCUT2D eigenvalue weighted by Crippen LogP contribution is 2.19. The van der Waals surface area contributed by atoms with Crippen LogP contribution in [0, 0.1) is 5.92 Å². The smallest absolute Gasteiger partial charge is 0.319 e. The van der Waals surface area contributed by atoms with Crippen molar-refractivity contribution in [1.82, 2.24) is 14.9 Å². The number of carbonyl (C=O) groups is 2. The molecule has 0 atom stereocenters. The average molecular weight is 243 g/mol. The summed E-state index contributed by atoms with van der Waals surface area (Å²) in [4.78, 5) is 31.7. The van der Waals surface area contributed by atoms with Gasteiger partial charge in [0.15, 0.2) is 0 Å². The Morgan fingerprint density at radius 2 is 1.71 bits per heavy atom. The van der Waals surface area contributed by atoms with Crippen LogP contribution >= 0.6 is 0 Å². The van der Waals surface area contributed by atoms with Gasteiger partial charge in [-0.2, -0.15) is 0 Å². The van der Waals surface area contributed by atoms with Crippen molar-refractivity contribution < 1.29 is 14.4 Å². The molecule has 3 amide bonds. The number of carbonyl (C=O) groups excluding carboxylic acids is 2. The third kappa shape index (κ3) is 3.33. The van der Waals surface area contributed by atoms with Crippen molar-refractivity contribution in [1.29, 1.82) is 0 Å². The molecule has 6 heteroatoms. The lowest BCUT2D eigenvalue weighted by Crippen LogP contribution is -2.46. The highest BCUT2D eigenvalue weighted by molar-refractivity contribution is 5.78. The highest BCUT2D eigenvalue weighted by atomic mass is 16.7. The first kappa shape index (κ1) is 13.8. The van der Waals surface area contributed by atoms with Gasteiger partial charge in [-0.25, -0.2) is 9.86 Å². The molecule has 1 fully saturated rings. The van der Waals surface area contributed by atoms with Crippen LogP contribution in [0.25, 0.3) is 0 Å². The molecule has 0 spiro atoms. The second-order valence-corrected chi connectivity index (χ2v) is 4.46. The van der Waals surface area contributed by atoms with Crippen LogP contribution in [-0.4, -0.2) is 68.1 Å². The Hall–Kier alpha value is -1.30. The van der Waals surface area contributed by atoms with Crippen LogP contribution < -0.4 is 0 Å². The van der Waals surface area contributed by atoms with E-state index < -0.39 is 0 Å². The Balaban J connectivity index is 2.46. The van der Waals surface area contributed by atoms with Gasteiger partial charge in [-0.3, -0.25) is 9.63 Å². The molecule has 0 unspecified atom stereocenters. The van der Waals surface area contributed by atoms with E-state index in [1.807, 2.05) is 0 Å². The Kier molecular flexibility index (Phi) is 4.74. The van der Waals surface area contributed by atoms with E-state index in [0.29, 0.717) is 25.9 Å². The van der Waals surface area contributed by atoms with Crippen molar-refractivity contribution in [2.75, 3.05) is 41.3 Å². The monoisotopic (exact) mass is 243 g/mol. The van der Waals surface area contributed by atoms with Crippen molar-refractivity contribution in [3.8, 4) is 0 Å². The predicted molar refractivity (Wildman–Crippen MR) is 63.2 cm³/mol. The number of hydroxylamine groups is 2. The second-order valence-electron chi connectivity index (χ2n) is 4.46. The third-order valence-corrected chi connectivity index (χ3v) is 3.08. The molecule has 0 N–H and O–H groups in total. The number of hydrogen-bond donors (Lipinski definition) is 0. The molecule has 0 aliphatic carbocycles. The quantitative estimate of drug-likeness (QED) is 0.660. The summed E-state index contributed by atoms with van der Waals surface area (Å²) >= 11 is 0. The molecule has 1 aliphatic rings. The summed E-state index contributed by atoms with van der Waals surface area (Å²) in [5.41, 5.74) is 0. The number of nitrogens with zero attached hydrogens (tertiary/aromatic N) is 3. The molecule has 0 aromatic rings. The SMILES string of the molecule is CON(C)C(=O)C1CCN(C(=O)N(C)C)CC1. The molecular formula is C11H21N3O3. The van der Waals surface area contributed by atoms with Gasteiger partial charge in [0.05, 0.1) is 7.11 Å². The van der Waals surface area contributed by atoms with Gasteiger partial charge in [0.1, 0.15) is 0 Å². The van der Waals surface area contributed by atoms with Gasteiger partial charge in [-0.05, 0) is 12.8 Å². The van der Waals surface area contributed by atoms with E-state index in [0.717, 1.165) is 0 Å². The predicted octanol–water partition coefficient (Wildman–Crippen LogP) is 0.400. The van der Waals surface area contributed by atoms with Crippen LogP contribution in [-0.2, 0) is 9.63 Å². The lowest BCUT2D eigenvalue weighted by molar-refractivity contribution is -0.174. The number of rotatable bonds is 2. The maximum absolute atomic E-state index is 11.8. The van der Waals surface area contributed by atoms with E-state index in [4.69, 9.17) is 4.84 Å². The van der Waals surface area contributed by atoms with Crippen molar-refractivity contribution in [2.45, 2.75) is 12.8 Å². The lowest BCUT2D eigenvalue weighted by atomic mass is 9.96. The van der Waals surface area contributed by atoms with Crippen molar-refractivity contribution in [3.63, 3.8) is 0 Å². The Bertz CT molecular complexity index is 286. The zero-order chi connectivity index (χ0) is 13.0. The largest absolute Gasteiger partial charge is 0.331 e. The topological polar surface area (TPSA) is 53.1 Å². The van der Waals surface area contributed by atoms with Crippen molar-refractivity contribution in [3.05, 3.63) is 0 Å². The Morgan fingerprint density at radius 3 is 2.12 bits per heavy atom. The molecule has 0 radical (unpaired) electrons. The fraction of sp³-hybridized carbons (Fsp3) is 0.818. The van der Waals surface area contributed by atoms with E-state index in [1.165, 1.54) is 12.2 Å². The number of piperidine rings is 1. The molecule has 6 nitrogen and oxygen atoms in total. The molecule has 0 aromatic carbocycles. The first-order valence-electron chi connectivity index (χ1n) is 5.75. The molecular weight excluding hydrogens is 222 g/mol. The van der Waals surface area contributed by atoms with Crippen LogP contribution in [0.2, 0.25) is 0 Å². The molecule has 1 heterocycles. The van der Waals surface area contributed by atoms with E-state index in [2.05, 4.69) is 0 Å². The second kappa shape index (κ2) is 5.86. The van der Waals surface area contributed by atoms with Gasteiger partial charge in [0, 0.05) is 40.2 Å². The van der Waals surface area contributed by atoms with Crippen LogP contribution in [0.15, 0.2) is 0 Å². The van der Waals surface area contributed by atoms with Gasteiger partial charge in [0.25, 0.3) is 0 Å². The van der Waals surface area contributed by atoms with Gasteiger partial charge < -0.3 is 9.80 Å². The van der Waals surface area contributed by atoms with E-state index in [9.17, 15) is 9.59 Å². The Labute approximate surface area is 102 Å². The highest BCUT2D eigenvalue weighted by Gasteiger charge is 2.29. The fourth-order valence-corrected chi connectivity index (χ4v) is 1.95. The number of amides is 3. The van der Waals surface area contributed by atoms with Crippen molar-refractivity contribution >= 4 is 11.9 Å². The van der Waals surface area contributed by atoms with Crippen LogP contribution in [0.5, 0.6) is 0 Å². The molecule has 0 aromatic heterocycles. The summed E-state index contributed by atoms with van der Waals surface area (Å²) in [6.07, 6.45) is 1.40. The third-order valence-electron chi connectivity index (χ3n) is 3.08. The fourth-order valence-electron chi connectivity index (χ4n) is 1.95. The Morgan fingerprint density at radius 1 is 1.18 bits per heavy atom. The summed E-state index contributed by atoms with van der Waals surface area (Å²) in [5, 5.41) is 1.26. The van der Waals surface area contributed by atoms with Crippen LogP contribution in [0.1, 0.15) is 12.8 Å². The molecule has 1 rings (SSSR count). The minimum atomic E-state index is -0.0360. The van der Waals surface area contributed by atoms with Crippen molar-refractivity contribution in [2.24, 2.45) is 5.92 Å². The van der Waals surface area contributed by atoms with E-state index in [-0.39, 0.29) is 17.9 Å².